The van der Waals surface area contributed by atoms with Gasteiger partial charge in [0.05, 0.1) is 13.7 Å². The molecule has 0 saturated carbocycles. The maximum Gasteiger partial charge on any atom is 0.312 e. The molecule has 0 aliphatic carbocycles. The average Bonchev–Trinajstić information content (AvgIpc) is 3.28. The molecule has 2 heterocycles. The van der Waals surface area contributed by atoms with Crippen LogP contribution < -0.4 is 20.5 Å². The molecule has 10 nitrogen and oxygen atoms in total. The molecule has 10 heteroatoms. The van der Waals surface area contributed by atoms with Gasteiger partial charge in [-0.05, 0) is 44.2 Å². The molecule has 33 heavy (non-hydrogen) atoms. The van der Waals surface area contributed by atoms with Gasteiger partial charge in [0.1, 0.15) is 18.1 Å². The first kappa shape index (κ1) is 23.6. The maximum absolute atomic E-state index is 12.9. The average molecular weight is 453 g/mol. The fourth-order valence-electron chi connectivity index (χ4n) is 3.14. The Morgan fingerprint density at radius 3 is 2.36 bits per heavy atom. The molecule has 0 spiro atoms. The highest BCUT2D eigenvalue weighted by Crippen LogP contribution is 2.34. The third kappa shape index (κ3) is 5.79. The second-order valence-corrected chi connectivity index (χ2v) is 6.93. The van der Waals surface area contributed by atoms with Crippen LogP contribution >= 0.6 is 0 Å². The highest BCUT2D eigenvalue weighted by molar-refractivity contribution is 5.92. The standard InChI is InChI=1S/C23H27N5O5/c1-4-28(5-2)22(29)21-27-19(16-8-11-18(31-3)26-14-16)20(33-21)15-6-9-17(10-7-15)32-13-12-25-23(24)30/h6-11,14H,4-5,12-13H2,1-3H3,(H3,24,25,30). The van der Waals surface area contributed by atoms with Crippen molar-refractivity contribution < 1.29 is 23.5 Å². The molecule has 2 aromatic heterocycles. The molecule has 0 unspecified atom stereocenters. The van der Waals surface area contributed by atoms with E-state index in [2.05, 4.69) is 15.3 Å². The summed E-state index contributed by atoms with van der Waals surface area (Å²) in [4.78, 5) is 34.0. The van der Waals surface area contributed by atoms with Gasteiger partial charge in [0.15, 0.2) is 5.76 Å². The van der Waals surface area contributed by atoms with E-state index in [1.54, 1.807) is 29.3 Å². The first-order valence-electron chi connectivity index (χ1n) is 10.5. The summed E-state index contributed by atoms with van der Waals surface area (Å²) in [5.41, 5.74) is 6.94. The molecule has 174 valence electrons. The summed E-state index contributed by atoms with van der Waals surface area (Å²) in [6.45, 7) is 5.46. The van der Waals surface area contributed by atoms with Crippen LogP contribution in [-0.4, -0.2) is 60.2 Å². The largest absolute Gasteiger partial charge is 0.492 e. The number of nitrogens with two attached hydrogens (primary N) is 1. The van der Waals surface area contributed by atoms with Crippen molar-refractivity contribution in [2.45, 2.75) is 13.8 Å². The number of urea groups is 1. The van der Waals surface area contributed by atoms with Crippen LogP contribution in [0.4, 0.5) is 4.79 Å². The summed E-state index contributed by atoms with van der Waals surface area (Å²) < 4.78 is 16.7. The molecule has 1 aromatic carbocycles. The van der Waals surface area contributed by atoms with Gasteiger partial charge in [0.25, 0.3) is 5.89 Å². The quantitative estimate of drug-likeness (QED) is 0.451. The van der Waals surface area contributed by atoms with Gasteiger partial charge in [-0.25, -0.2) is 14.8 Å². The summed E-state index contributed by atoms with van der Waals surface area (Å²) in [6, 6.07) is 10.1. The molecular formula is C23H27N5O5. The Hall–Kier alpha value is -4.08. The Kier molecular flexibility index (Phi) is 7.85. The molecule has 3 N–H and O–H groups in total. The molecule has 0 radical (unpaired) electrons. The van der Waals surface area contributed by atoms with E-state index in [4.69, 9.17) is 19.6 Å². The van der Waals surface area contributed by atoms with Crippen molar-refractivity contribution in [1.82, 2.24) is 20.2 Å². The van der Waals surface area contributed by atoms with Crippen molar-refractivity contribution in [1.29, 1.82) is 0 Å². The number of carbonyl (C=O) groups excluding carboxylic acids is 2. The van der Waals surface area contributed by atoms with Crippen LogP contribution in [-0.2, 0) is 0 Å². The molecule has 0 saturated heterocycles. The van der Waals surface area contributed by atoms with Crippen molar-refractivity contribution in [3.8, 4) is 34.2 Å². The van der Waals surface area contributed by atoms with E-state index < -0.39 is 6.03 Å². The number of oxazole rings is 1. The lowest BCUT2D eigenvalue weighted by Crippen LogP contribution is -2.32. The zero-order valence-corrected chi connectivity index (χ0v) is 18.8. The molecule has 0 bridgehead atoms. The lowest BCUT2D eigenvalue weighted by atomic mass is 10.1. The van der Waals surface area contributed by atoms with Gasteiger partial charge in [0.2, 0.25) is 5.88 Å². The van der Waals surface area contributed by atoms with Gasteiger partial charge in [-0.15, -0.1) is 0 Å². The van der Waals surface area contributed by atoms with Gasteiger partial charge in [-0.1, -0.05) is 0 Å². The Labute approximate surface area is 191 Å². The smallest absolute Gasteiger partial charge is 0.312 e. The van der Waals surface area contributed by atoms with Crippen LogP contribution in [0.5, 0.6) is 11.6 Å². The van der Waals surface area contributed by atoms with Crippen LogP contribution in [0.15, 0.2) is 47.0 Å². The number of hydrogen-bond donors (Lipinski definition) is 2. The van der Waals surface area contributed by atoms with Crippen LogP contribution in [0.25, 0.3) is 22.6 Å². The number of hydrogen-bond acceptors (Lipinski definition) is 7. The zero-order chi connectivity index (χ0) is 23.8. The first-order chi connectivity index (χ1) is 16.0. The van der Waals surface area contributed by atoms with Crippen molar-refractivity contribution in [3.63, 3.8) is 0 Å². The minimum Gasteiger partial charge on any atom is -0.492 e. The molecule has 0 atom stereocenters. The molecular weight excluding hydrogens is 426 g/mol. The van der Waals surface area contributed by atoms with E-state index in [-0.39, 0.29) is 18.4 Å². The number of ether oxygens (including phenoxy) is 2. The van der Waals surface area contributed by atoms with Crippen LogP contribution in [0, 0.1) is 0 Å². The monoisotopic (exact) mass is 453 g/mol. The highest BCUT2D eigenvalue weighted by Gasteiger charge is 2.24. The third-order valence-corrected chi connectivity index (χ3v) is 4.87. The predicted molar refractivity (Wildman–Crippen MR) is 122 cm³/mol. The normalized spacial score (nSPS) is 10.5. The minimum absolute atomic E-state index is 0.0115. The first-order valence-corrected chi connectivity index (χ1v) is 10.5. The molecule has 0 aliphatic heterocycles. The topological polar surface area (TPSA) is 133 Å². The van der Waals surface area contributed by atoms with E-state index in [9.17, 15) is 9.59 Å². The SMILES string of the molecule is CCN(CC)C(=O)c1nc(-c2ccc(OC)nc2)c(-c2ccc(OCCNC(N)=O)cc2)o1. The van der Waals surface area contributed by atoms with Gasteiger partial charge in [-0.3, -0.25) is 4.79 Å². The van der Waals surface area contributed by atoms with E-state index in [1.165, 1.54) is 7.11 Å². The lowest BCUT2D eigenvalue weighted by molar-refractivity contribution is 0.0734. The molecule has 3 amide bonds. The summed E-state index contributed by atoms with van der Waals surface area (Å²) in [5, 5.41) is 2.46. The third-order valence-electron chi connectivity index (χ3n) is 4.87. The number of carbonyl (C=O) groups is 2. The zero-order valence-electron chi connectivity index (χ0n) is 18.8. The Morgan fingerprint density at radius 2 is 1.79 bits per heavy atom. The number of amides is 3. The molecule has 3 aromatic rings. The number of nitrogens with zero attached hydrogens (tertiary/aromatic N) is 3. The second-order valence-electron chi connectivity index (χ2n) is 6.93. The van der Waals surface area contributed by atoms with Crippen LogP contribution in [0.1, 0.15) is 24.5 Å². The lowest BCUT2D eigenvalue weighted by Gasteiger charge is -2.15. The van der Waals surface area contributed by atoms with Crippen LogP contribution in [0.2, 0.25) is 0 Å². The molecule has 3 rings (SSSR count). The van der Waals surface area contributed by atoms with Crippen molar-refractivity contribution in [2.24, 2.45) is 5.73 Å². The highest BCUT2D eigenvalue weighted by atomic mass is 16.5. The summed E-state index contributed by atoms with van der Waals surface area (Å²) in [6.07, 6.45) is 1.62. The number of primary amides is 1. The van der Waals surface area contributed by atoms with Crippen molar-refractivity contribution >= 4 is 11.9 Å². The van der Waals surface area contributed by atoms with Crippen molar-refractivity contribution in [2.75, 3.05) is 33.4 Å². The Morgan fingerprint density at radius 1 is 1.09 bits per heavy atom. The van der Waals surface area contributed by atoms with Crippen LogP contribution in [0.3, 0.4) is 0 Å². The predicted octanol–water partition coefficient (Wildman–Crippen LogP) is 2.94. The summed E-state index contributed by atoms with van der Waals surface area (Å²) in [7, 11) is 1.54. The molecule has 0 fully saturated rings. The fourth-order valence-corrected chi connectivity index (χ4v) is 3.14. The van der Waals surface area contributed by atoms with Gasteiger partial charge in [-0.2, -0.15) is 0 Å². The van der Waals surface area contributed by atoms with Gasteiger partial charge in [0, 0.05) is 36.5 Å². The number of benzene rings is 1. The number of pyridine rings is 1. The van der Waals surface area contributed by atoms with Gasteiger partial charge >= 0.3 is 11.9 Å². The Balaban J connectivity index is 1.91. The van der Waals surface area contributed by atoms with E-state index >= 15 is 0 Å². The number of rotatable bonds is 10. The molecule has 0 aliphatic rings. The Bertz CT molecular complexity index is 1080. The van der Waals surface area contributed by atoms with Crippen molar-refractivity contribution in [3.05, 3.63) is 48.5 Å². The number of nitrogens with one attached hydrogen (secondary N) is 1. The maximum atomic E-state index is 12.9. The number of aromatic nitrogens is 2. The van der Waals surface area contributed by atoms with E-state index in [0.29, 0.717) is 48.3 Å². The minimum atomic E-state index is -0.602. The summed E-state index contributed by atoms with van der Waals surface area (Å²) >= 11 is 0. The number of methoxy groups -OCH3 is 1. The van der Waals surface area contributed by atoms with E-state index in [1.807, 2.05) is 32.0 Å². The second kappa shape index (κ2) is 11.0. The summed E-state index contributed by atoms with van der Waals surface area (Å²) in [5.74, 6) is 1.25. The van der Waals surface area contributed by atoms with Gasteiger partial charge < -0.3 is 29.8 Å². The fraction of sp³-hybridized carbons (Fsp3) is 0.304. The van der Waals surface area contributed by atoms with E-state index in [0.717, 1.165) is 5.56 Å².